The fraction of sp³-hybridized carbons (Fsp3) is 0.409. The second-order valence-corrected chi connectivity index (χ2v) is 14.9. The molecular weight excluding hydrogens is 511 g/mol. The molecule has 0 amide bonds. The monoisotopic (exact) mass is 540 g/mol. The van der Waals surface area contributed by atoms with E-state index in [-0.39, 0.29) is 6.79 Å². The number of hydrogen-bond acceptors (Lipinski definition) is 5. The van der Waals surface area contributed by atoms with Gasteiger partial charge in [0.2, 0.25) is 0 Å². The van der Waals surface area contributed by atoms with Crippen LogP contribution in [0, 0.1) is 3.70 Å². The number of halogens is 1. The lowest BCUT2D eigenvalue weighted by Gasteiger charge is -2.15. The SMILES string of the molecule is COCOc1ccc(-c2ccc3c(I)nn(COCC[Si](C)(C)C)c3c2)cc1OC. The maximum atomic E-state index is 5.94. The van der Waals surface area contributed by atoms with Crippen molar-refractivity contribution in [3.63, 3.8) is 0 Å². The summed E-state index contributed by atoms with van der Waals surface area (Å²) in [5.41, 5.74) is 3.18. The number of ether oxygens (including phenoxy) is 4. The highest BCUT2D eigenvalue weighted by atomic mass is 127. The molecule has 0 saturated heterocycles. The van der Waals surface area contributed by atoms with Crippen molar-refractivity contribution in [2.75, 3.05) is 27.6 Å². The quantitative estimate of drug-likeness (QED) is 0.145. The summed E-state index contributed by atoms with van der Waals surface area (Å²) >= 11 is 2.28. The third-order valence-corrected chi connectivity index (χ3v) is 7.25. The molecule has 0 radical (unpaired) electrons. The van der Waals surface area contributed by atoms with Gasteiger partial charge in [-0.05, 0) is 64.0 Å². The van der Waals surface area contributed by atoms with Crippen molar-refractivity contribution >= 4 is 41.6 Å². The zero-order valence-corrected chi connectivity index (χ0v) is 21.4. The van der Waals surface area contributed by atoms with Crippen LogP contribution in [0.5, 0.6) is 11.5 Å². The summed E-state index contributed by atoms with van der Waals surface area (Å²) < 4.78 is 24.9. The molecule has 0 fully saturated rings. The Morgan fingerprint density at radius 1 is 1.00 bits per heavy atom. The van der Waals surface area contributed by atoms with Crippen LogP contribution >= 0.6 is 22.6 Å². The lowest BCUT2D eigenvalue weighted by molar-refractivity contribution is 0.0492. The largest absolute Gasteiger partial charge is 0.493 e. The van der Waals surface area contributed by atoms with Crippen molar-refractivity contribution in [3.8, 4) is 22.6 Å². The normalized spacial score (nSPS) is 11.8. The van der Waals surface area contributed by atoms with Crippen molar-refractivity contribution in [2.45, 2.75) is 32.4 Å². The third kappa shape index (κ3) is 5.74. The lowest BCUT2D eigenvalue weighted by atomic mass is 10.0. The average Bonchev–Trinajstić information content (AvgIpc) is 3.04. The van der Waals surface area contributed by atoms with E-state index in [1.54, 1.807) is 14.2 Å². The highest BCUT2D eigenvalue weighted by Crippen LogP contribution is 2.34. The molecule has 0 saturated carbocycles. The first-order chi connectivity index (χ1) is 14.3. The first-order valence-corrected chi connectivity index (χ1v) is 14.6. The van der Waals surface area contributed by atoms with Crippen LogP contribution in [-0.4, -0.2) is 45.5 Å². The van der Waals surface area contributed by atoms with Crippen LogP contribution in [0.2, 0.25) is 25.7 Å². The van der Waals surface area contributed by atoms with Crippen molar-refractivity contribution in [2.24, 2.45) is 0 Å². The van der Waals surface area contributed by atoms with Gasteiger partial charge in [-0.2, -0.15) is 5.10 Å². The zero-order chi connectivity index (χ0) is 21.7. The summed E-state index contributed by atoms with van der Waals surface area (Å²) in [4.78, 5) is 0. The summed E-state index contributed by atoms with van der Waals surface area (Å²) in [6.07, 6.45) is 0. The Morgan fingerprint density at radius 2 is 1.73 bits per heavy atom. The van der Waals surface area contributed by atoms with Crippen molar-refractivity contribution in [3.05, 3.63) is 40.1 Å². The average molecular weight is 540 g/mol. The van der Waals surface area contributed by atoms with Crippen LogP contribution < -0.4 is 9.47 Å². The van der Waals surface area contributed by atoms with E-state index in [1.807, 2.05) is 22.9 Å². The van der Waals surface area contributed by atoms with Gasteiger partial charge < -0.3 is 18.9 Å². The molecule has 6 nitrogen and oxygen atoms in total. The molecule has 0 atom stereocenters. The Labute approximate surface area is 192 Å². The fourth-order valence-corrected chi connectivity index (χ4v) is 4.50. The van der Waals surface area contributed by atoms with E-state index in [4.69, 9.17) is 18.9 Å². The van der Waals surface area contributed by atoms with E-state index in [0.717, 1.165) is 38.4 Å². The summed E-state index contributed by atoms with van der Waals surface area (Å²) in [7, 11) is 2.12. The van der Waals surface area contributed by atoms with Gasteiger partial charge in [-0.15, -0.1) is 0 Å². The van der Waals surface area contributed by atoms with E-state index >= 15 is 0 Å². The number of nitrogens with zero attached hydrogens (tertiary/aromatic N) is 2. The highest BCUT2D eigenvalue weighted by molar-refractivity contribution is 14.1. The number of fused-ring (bicyclic) bond motifs is 1. The molecule has 0 spiro atoms. The minimum absolute atomic E-state index is 0.178. The molecule has 0 aliphatic carbocycles. The summed E-state index contributed by atoms with van der Waals surface area (Å²) in [6, 6.07) is 13.4. The first-order valence-electron chi connectivity index (χ1n) is 9.86. The van der Waals surface area contributed by atoms with Gasteiger partial charge in [-0.1, -0.05) is 31.8 Å². The predicted octanol–water partition coefficient (Wildman–Crippen LogP) is 5.61. The van der Waals surface area contributed by atoms with Crippen LogP contribution in [-0.2, 0) is 16.2 Å². The Hall–Kier alpha value is -1.62. The number of aromatic nitrogens is 2. The molecule has 0 bridgehead atoms. The Kier molecular flexibility index (Phi) is 7.78. The topological polar surface area (TPSA) is 54.7 Å². The van der Waals surface area contributed by atoms with Crippen molar-refractivity contribution in [1.29, 1.82) is 0 Å². The van der Waals surface area contributed by atoms with E-state index in [0.29, 0.717) is 18.2 Å². The van der Waals surface area contributed by atoms with E-state index in [2.05, 4.69) is 65.5 Å². The molecule has 3 rings (SSSR count). The molecular formula is C22H29IN2O4Si. The molecule has 0 unspecified atom stereocenters. The maximum absolute atomic E-state index is 5.94. The standard InChI is InChI=1S/C22H29IN2O4Si/c1-26-15-29-20-9-7-17(13-21(20)27-2)16-6-8-18-19(12-16)25(24-22(18)23)14-28-10-11-30(3,4)5/h6-9,12-13H,10-11,14-15H2,1-5H3. The summed E-state index contributed by atoms with van der Waals surface area (Å²) in [5.74, 6) is 1.32. The molecule has 1 aromatic heterocycles. The molecule has 2 aromatic carbocycles. The number of hydrogen-bond donors (Lipinski definition) is 0. The van der Waals surface area contributed by atoms with Crippen molar-refractivity contribution < 1.29 is 18.9 Å². The second-order valence-electron chi connectivity index (χ2n) is 8.29. The number of rotatable bonds is 10. The molecule has 30 heavy (non-hydrogen) atoms. The zero-order valence-electron chi connectivity index (χ0n) is 18.2. The smallest absolute Gasteiger partial charge is 0.188 e. The molecule has 0 aliphatic heterocycles. The van der Waals surface area contributed by atoms with Crippen LogP contribution in [0.4, 0.5) is 0 Å². The van der Waals surface area contributed by atoms with Gasteiger partial charge in [0.05, 0.1) is 12.6 Å². The molecule has 162 valence electrons. The number of methoxy groups -OCH3 is 2. The summed E-state index contributed by atoms with van der Waals surface area (Å²) in [6.45, 7) is 8.48. The van der Waals surface area contributed by atoms with Gasteiger partial charge in [0.25, 0.3) is 0 Å². The van der Waals surface area contributed by atoms with Gasteiger partial charge in [0.1, 0.15) is 10.4 Å². The van der Waals surface area contributed by atoms with E-state index in [9.17, 15) is 0 Å². The van der Waals surface area contributed by atoms with Gasteiger partial charge in [0, 0.05) is 27.2 Å². The number of benzene rings is 2. The minimum atomic E-state index is -1.11. The van der Waals surface area contributed by atoms with Crippen LogP contribution in [0.15, 0.2) is 36.4 Å². The first kappa shape index (κ1) is 23.0. The molecule has 0 N–H and O–H groups in total. The van der Waals surface area contributed by atoms with Crippen LogP contribution in [0.1, 0.15) is 0 Å². The third-order valence-electron chi connectivity index (χ3n) is 4.75. The highest BCUT2D eigenvalue weighted by Gasteiger charge is 2.14. The van der Waals surface area contributed by atoms with Crippen LogP contribution in [0.3, 0.4) is 0 Å². The van der Waals surface area contributed by atoms with Crippen LogP contribution in [0.25, 0.3) is 22.0 Å². The molecule has 8 heteroatoms. The molecule has 3 aromatic rings. The predicted molar refractivity (Wildman–Crippen MR) is 131 cm³/mol. The molecule has 0 aliphatic rings. The van der Waals surface area contributed by atoms with Gasteiger partial charge in [-0.3, -0.25) is 0 Å². The Bertz CT molecular complexity index is 1000. The maximum Gasteiger partial charge on any atom is 0.188 e. The molecule has 1 heterocycles. The fourth-order valence-electron chi connectivity index (χ4n) is 3.03. The van der Waals surface area contributed by atoms with E-state index < -0.39 is 8.07 Å². The minimum Gasteiger partial charge on any atom is -0.493 e. The summed E-state index contributed by atoms with van der Waals surface area (Å²) in [5, 5.41) is 5.80. The Morgan fingerprint density at radius 3 is 2.43 bits per heavy atom. The van der Waals surface area contributed by atoms with Gasteiger partial charge >= 0.3 is 0 Å². The Balaban J connectivity index is 1.85. The lowest BCUT2D eigenvalue weighted by Crippen LogP contribution is -2.22. The second kappa shape index (κ2) is 10.1. The van der Waals surface area contributed by atoms with Gasteiger partial charge in [0.15, 0.2) is 18.3 Å². The van der Waals surface area contributed by atoms with Gasteiger partial charge in [-0.25, -0.2) is 4.68 Å². The van der Waals surface area contributed by atoms with E-state index in [1.165, 1.54) is 0 Å². The van der Waals surface area contributed by atoms with Crippen molar-refractivity contribution in [1.82, 2.24) is 9.78 Å².